The van der Waals surface area contributed by atoms with Crippen LogP contribution >= 0.6 is 0 Å². The number of piperazine rings is 1. The first-order chi connectivity index (χ1) is 10.5. The Labute approximate surface area is 127 Å². The Bertz CT molecular complexity index is 519. The van der Waals surface area contributed by atoms with Crippen LogP contribution in [0.4, 0.5) is 17.6 Å². The van der Waals surface area contributed by atoms with Crippen LogP contribution in [0.25, 0.3) is 0 Å². The van der Waals surface area contributed by atoms with E-state index in [4.69, 9.17) is 0 Å². The lowest BCUT2D eigenvalue weighted by Gasteiger charge is -2.43. The smallest absolute Gasteiger partial charge is 0.314 e. The lowest BCUT2D eigenvalue weighted by Crippen LogP contribution is -2.47. The van der Waals surface area contributed by atoms with E-state index in [0.29, 0.717) is 11.5 Å². The summed E-state index contributed by atoms with van der Waals surface area (Å²) < 4.78 is 52.0. The molecule has 0 unspecified atom stereocenters. The summed E-state index contributed by atoms with van der Waals surface area (Å²) in [5, 5.41) is 3.27. The minimum atomic E-state index is -4.64. The zero-order valence-corrected chi connectivity index (χ0v) is 12.3. The third-order valence-corrected chi connectivity index (χ3v) is 4.78. The van der Waals surface area contributed by atoms with Gasteiger partial charge in [-0.15, -0.1) is 0 Å². The molecule has 1 N–H and O–H groups in total. The maximum atomic E-state index is 13.9. The molecular weight excluding hydrogens is 296 g/mol. The van der Waals surface area contributed by atoms with Crippen LogP contribution in [0.15, 0.2) is 18.2 Å². The van der Waals surface area contributed by atoms with Crippen molar-refractivity contribution in [1.29, 1.82) is 0 Å². The predicted molar refractivity (Wildman–Crippen MR) is 75.9 cm³/mol. The molecule has 1 atom stereocenters. The molecule has 22 heavy (non-hydrogen) atoms. The van der Waals surface area contributed by atoms with Crippen molar-refractivity contribution in [2.75, 3.05) is 26.2 Å². The van der Waals surface area contributed by atoms with E-state index in [1.807, 2.05) is 0 Å². The molecule has 0 spiro atoms. The molecular formula is C16H20F4N2. The second-order valence-electron chi connectivity index (χ2n) is 6.16. The Morgan fingerprint density at radius 1 is 1.14 bits per heavy atom. The first-order valence-electron chi connectivity index (χ1n) is 7.78. The number of nitrogens with zero attached hydrogens (tertiary/aromatic N) is 1. The van der Waals surface area contributed by atoms with Gasteiger partial charge in [-0.25, -0.2) is 4.39 Å². The van der Waals surface area contributed by atoms with Crippen LogP contribution in [-0.2, 0) is 6.18 Å². The maximum Gasteiger partial charge on any atom is 0.419 e. The van der Waals surface area contributed by atoms with Gasteiger partial charge in [0.05, 0.1) is 5.56 Å². The highest BCUT2D eigenvalue weighted by atomic mass is 19.4. The van der Waals surface area contributed by atoms with Gasteiger partial charge < -0.3 is 5.32 Å². The average Bonchev–Trinajstić information content (AvgIpc) is 2.42. The lowest BCUT2D eigenvalue weighted by atomic mass is 9.76. The van der Waals surface area contributed by atoms with Crippen molar-refractivity contribution in [3.8, 4) is 0 Å². The molecule has 0 aromatic heterocycles. The fourth-order valence-electron chi connectivity index (χ4n) is 3.44. The van der Waals surface area contributed by atoms with Crippen LogP contribution in [0.5, 0.6) is 0 Å². The summed E-state index contributed by atoms with van der Waals surface area (Å²) in [4.78, 5) is 2.28. The van der Waals surface area contributed by atoms with Crippen molar-refractivity contribution in [3.05, 3.63) is 35.1 Å². The van der Waals surface area contributed by atoms with Gasteiger partial charge >= 0.3 is 6.18 Å². The Hall–Kier alpha value is -1.14. The molecule has 2 nitrogen and oxygen atoms in total. The highest BCUT2D eigenvalue weighted by molar-refractivity contribution is 5.29. The highest BCUT2D eigenvalue weighted by Crippen LogP contribution is 2.42. The Morgan fingerprint density at radius 2 is 1.82 bits per heavy atom. The zero-order chi connectivity index (χ0) is 15.7. The molecule has 2 aliphatic rings. The molecule has 0 amide bonds. The van der Waals surface area contributed by atoms with Crippen LogP contribution in [0.3, 0.4) is 0 Å². The number of halogens is 4. The molecule has 122 valence electrons. The Kier molecular flexibility index (Phi) is 4.41. The van der Waals surface area contributed by atoms with E-state index in [2.05, 4.69) is 10.2 Å². The summed E-state index contributed by atoms with van der Waals surface area (Å²) in [6, 6.07) is 3.47. The Morgan fingerprint density at radius 3 is 2.32 bits per heavy atom. The van der Waals surface area contributed by atoms with E-state index >= 15 is 0 Å². The molecule has 1 saturated carbocycles. The fraction of sp³-hybridized carbons (Fsp3) is 0.625. The van der Waals surface area contributed by atoms with Crippen molar-refractivity contribution in [1.82, 2.24) is 10.2 Å². The third-order valence-electron chi connectivity index (χ3n) is 4.78. The average molecular weight is 316 g/mol. The molecule has 1 aliphatic heterocycles. The lowest BCUT2D eigenvalue weighted by molar-refractivity contribution is -0.140. The summed E-state index contributed by atoms with van der Waals surface area (Å²) in [6.45, 7) is 3.44. The van der Waals surface area contributed by atoms with Gasteiger partial charge in [-0.2, -0.15) is 13.2 Å². The molecule has 1 heterocycles. The van der Waals surface area contributed by atoms with E-state index in [1.165, 1.54) is 6.07 Å². The summed E-state index contributed by atoms with van der Waals surface area (Å²) in [5.74, 6) is -0.737. The molecule has 0 radical (unpaired) electrons. The second kappa shape index (κ2) is 6.16. The normalized spacial score (nSPS) is 22.4. The SMILES string of the molecule is Fc1cc([C@@H](C2CCC2)N2CCNCC2)ccc1C(F)(F)F. The number of hydrogen-bond donors (Lipinski definition) is 1. The molecule has 1 aromatic rings. The van der Waals surface area contributed by atoms with Crippen LogP contribution < -0.4 is 5.32 Å². The fourth-order valence-corrected chi connectivity index (χ4v) is 3.44. The largest absolute Gasteiger partial charge is 0.419 e. The van der Waals surface area contributed by atoms with Gasteiger partial charge in [0.25, 0.3) is 0 Å². The predicted octanol–water partition coefficient (Wildman–Crippen LogP) is 3.59. The third kappa shape index (κ3) is 3.13. The summed E-state index contributed by atoms with van der Waals surface area (Å²) in [6.07, 6.45) is -1.35. The van der Waals surface area contributed by atoms with Gasteiger partial charge in [0.1, 0.15) is 5.82 Å². The van der Waals surface area contributed by atoms with E-state index in [-0.39, 0.29) is 6.04 Å². The first-order valence-corrected chi connectivity index (χ1v) is 7.78. The molecule has 6 heteroatoms. The number of benzene rings is 1. The van der Waals surface area contributed by atoms with Crippen LogP contribution in [0.2, 0.25) is 0 Å². The van der Waals surface area contributed by atoms with Crippen LogP contribution in [0, 0.1) is 11.7 Å². The molecule has 0 bridgehead atoms. The van der Waals surface area contributed by atoms with Crippen molar-refractivity contribution < 1.29 is 17.6 Å². The first kappa shape index (κ1) is 15.7. The van der Waals surface area contributed by atoms with Gasteiger partial charge in [0.2, 0.25) is 0 Å². The minimum Gasteiger partial charge on any atom is -0.314 e. The number of rotatable bonds is 3. The minimum absolute atomic E-state index is 0.0348. The molecule has 1 aliphatic carbocycles. The molecule has 3 rings (SSSR count). The van der Waals surface area contributed by atoms with Gasteiger partial charge in [-0.1, -0.05) is 12.5 Å². The number of alkyl halides is 3. The van der Waals surface area contributed by atoms with Crippen molar-refractivity contribution >= 4 is 0 Å². The molecule has 1 saturated heterocycles. The topological polar surface area (TPSA) is 15.3 Å². The molecule has 1 aromatic carbocycles. The summed E-state index contributed by atoms with van der Waals surface area (Å²) in [7, 11) is 0. The number of nitrogens with one attached hydrogen (secondary N) is 1. The monoisotopic (exact) mass is 316 g/mol. The van der Waals surface area contributed by atoms with Crippen LogP contribution in [0.1, 0.15) is 36.4 Å². The van der Waals surface area contributed by atoms with Gasteiger partial charge in [-0.3, -0.25) is 4.90 Å². The van der Waals surface area contributed by atoms with E-state index < -0.39 is 17.6 Å². The maximum absolute atomic E-state index is 13.9. The Balaban J connectivity index is 1.89. The standard InChI is InChI=1S/C16H20F4N2/c17-14-10-12(4-5-13(14)16(18,19)20)15(11-2-1-3-11)22-8-6-21-7-9-22/h4-5,10-11,15,21H,1-3,6-9H2/t15-/m1/s1. The number of hydrogen-bond acceptors (Lipinski definition) is 2. The van der Waals surface area contributed by atoms with E-state index in [1.54, 1.807) is 0 Å². The van der Waals surface area contributed by atoms with E-state index in [0.717, 1.165) is 57.6 Å². The highest BCUT2D eigenvalue weighted by Gasteiger charge is 2.37. The summed E-state index contributed by atoms with van der Waals surface area (Å²) in [5.41, 5.74) is -0.499. The zero-order valence-electron chi connectivity index (χ0n) is 12.3. The van der Waals surface area contributed by atoms with Gasteiger partial charge in [0.15, 0.2) is 0 Å². The van der Waals surface area contributed by atoms with E-state index in [9.17, 15) is 17.6 Å². The van der Waals surface area contributed by atoms with Crippen molar-refractivity contribution in [2.24, 2.45) is 5.92 Å². The summed E-state index contributed by atoms with van der Waals surface area (Å²) >= 11 is 0. The van der Waals surface area contributed by atoms with Crippen molar-refractivity contribution in [2.45, 2.75) is 31.5 Å². The van der Waals surface area contributed by atoms with Crippen LogP contribution in [-0.4, -0.2) is 31.1 Å². The van der Waals surface area contributed by atoms with Crippen molar-refractivity contribution in [3.63, 3.8) is 0 Å². The second-order valence-corrected chi connectivity index (χ2v) is 6.16. The molecule has 2 fully saturated rings. The van der Waals surface area contributed by atoms with Gasteiger partial charge in [-0.05, 0) is 36.5 Å². The quantitative estimate of drug-likeness (QED) is 0.857. The van der Waals surface area contributed by atoms with Gasteiger partial charge in [0, 0.05) is 32.2 Å².